The summed E-state index contributed by atoms with van der Waals surface area (Å²) in [4.78, 5) is 0. The topological polar surface area (TPSA) is 3.88 Å². The third-order valence-electron chi connectivity index (χ3n) is 3.75. The summed E-state index contributed by atoms with van der Waals surface area (Å²) in [7, 11) is 2.14. The molecule has 0 bridgehead atoms. The fourth-order valence-corrected chi connectivity index (χ4v) is 2.69. The van der Waals surface area contributed by atoms with Gasteiger partial charge in [-0.15, -0.1) is 0 Å². The third-order valence-corrected chi connectivity index (χ3v) is 3.75. The van der Waals surface area contributed by atoms with Crippen molar-refractivity contribution >= 4 is 10.9 Å². The Bertz CT molecular complexity index is 729. The number of para-hydroxylation sites is 1. The summed E-state index contributed by atoms with van der Waals surface area (Å²) in [5, 5.41) is 1.28. The number of hydrogen-bond acceptors (Lipinski definition) is 0. The Morgan fingerprint density at radius 2 is 1.58 bits per heavy atom. The van der Waals surface area contributed by atoms with Crippen LogP contribution in [0.3, 0.4) is 0 Å². The summed E-state index contributed by atoms with van der Waals surface area (Å²) in [6.07, 6.45) is 1.06. The number of rotatable bonds is 2. The minimum Gasteiger partial charge on any atom is -0.194 e. The first-order chi connectivity index (χ1) is 9.31. The van der Waals surface area contributed by atoms with E-state index in [2.05, 4.69) is 79.2 Å². The van der Waals surface area contributed by atoms with Crippen molar-refractivity contribution in [3.8, 4) is 11.3 Å². The Morgan fingerprint density at radius 1 is 0.842 bits per heavy atom. The quantitative estimate of drug-likeness (QED) is 0.606. The molecular formula is C18H18N+. The van der Waals surface area contributed by atoms with Crippen LogP contribution < -0.4 is 4.57 Å². The van der Waals surface area contributed by atoms with E-state index in [1.807, 2.05) is 0 Å². The summed E-state index contributed by atoms with van der Waals surface area (Å²) in [6, 6.07) is 21.6. The molecule has 0 spiro atoms. The van der Waals surface area contributed by atoms with Gasteiger partial charge in [-0.25, -0.2) is 0 Å². The molecule has 0 saturated carbocycles. The summed E-state index contributed by atoms with van der Waals surface area (Å²) >= 11 is 0. The van der Waals surface area contributed by atoms with Crippen LogP contribution in [0.5, 0.6) is 0 Å². The van der Waals surface area contributed by atoms with Gasteiger partial charge in [0, 0.05) is 23.1 Å². The number of hydrogen-bond donors (Lipinski definition) is 0. The van der Waals surface area contributed by atoms with Gasteiger partial charge in [0.15, 0.2) is 0 Å². The van der Waals surface area contributed by atoms with Crippen molar-refractivity contribution in [3.05, 3.63) is 66.2 Å². The highest BCUT2D eigenvalue weighted by atomic mass is 14.9. The first-order valence-corrected chi connectivity index (χ1v) is 6.77. The predicted octanol–water partition coefficient (Wildman–Crippen LogP) is 3.89. The van der Waals surface area contributed by atoms with Crippen molar-refractivity contribution in [2.45, 2.75) is 13.3 Å². The molecule has 2 aromatic carbocycles. The van der Waals surface area contributed by atoms with Crippen LogP contribution in [0.1, 0.15) is 12.5 Å². The van der Waals surface area contributed by atoms with Gasteiger partial charge in [-0.2, -0.15) is 4.57 Å². The molecule has 0 aliphatic carbocycles. The van der Waals surface area contributed by atoms with Crippen LogP contribution in [0.2, 0.25) is 0 Å². The first-order valence-electron chi connectivity index (χ1n) is 6.77. The largest absolute Gasteiger partial charge is 0.213 e. The molecule has 0 amide bonds. The molecular weight excluding hydrogens is 230 g/mol. The highest BCUT2D eigenvalue weighted by Crippen LogP contribution is 2.23. The average molecular weight is 248 g/mol. The standard InChI is InChI=1S/C18H18N/c1-3-14-8-4-6-10-16(14)18-13-12-15-9-5-7-11-17(15)19(18)2/h4-13H,3H2,1-2H3/q+1. The van der Waals surface area contributed by atoms with Crippen molar-refractivity contribution in [1.82, 2.24) is 0 Å². The SMILES string of the molecule is CCc1ccccc1-c1ccc2ccccc2[n+]1C. The maximum absolute atomic E-state index is 2.28. The predicted molar refractivity (Wildman–Crippen MR) is 79.9 cm³/mol. The van der Waals surface area contributed by atoms with E-state index in [0.717, 1.165) is 6.42 Å². The smallest absolute Gasteiger partial charge is 0.194 e. The van der Waals surface area contributed by atoms with Gasteiger partial charge in [0.1, 0.15) is 7.05 Å². The van der Waals surface area contributed by atoms with Crippen molar-refractivity contribution in [2.75, 3.05) is 0 Å². The molecule has 1 aromatic heterocycles. The molecule has 0 aliphatic heterocycles. The van der Waals surface area contributed by atoms with Crippen LogP contribution in [0.25, 0.3) is 22.2 Å². The van der Waals surface area contributed by atoms with Gasteiger partial charge in [0.25, 0.3) is 0 Å². The molecule has 1 heteroatoms. The van der Waals surface area contributed by atoms with E-state index in [9.17, 15) is 0 Å². The maximum atomic E-state index is 2.28. The van der Waals surface area contributed by atoms with Crippen molar-refractivity contribution in [3.63, 3.8) is 0 Å². The highest BCUT2D eigenvalue weighted by Gasteiger charge is 2.15. The third kappa shape index (κ3) is 2.01. The fourth-order valence-electron chi connectivity index (χ4n) is 2.69. The molecule has 19 heavy (non-hydrogen) atoms. The summed E-state index contributed by atoms with van der Waals surface area (Å²) in [5.41, 5.74) is 5.27. The monoisotopic (exact) mass is 248 g/mol. The van der Waals surface area contributed by atoms with E-state index in [1.165, 1.54) is 27.7 Å². The molecule has 94 valence electrons. The Hall–Kier alpha value is -2.15. The Labute approximate surface area is 114 Å². The molecule has 0 saturated heterocycles. The molecule has 0 atom stereocenters. The van der Waals surface area contributed by atoms with Gasteiger partial charge >= 0.3 is 0 Å². The van der Waals surface area contributed by atoms with E-state index in [0.29, 0.717) is 0 Å². The van der Waals surface area contributed by atoms with Crippen LogP contribution in [-0.2, 0) is 13.5 Å². The maximum Gasteiger partial charge on any atom is 0.213 e. The lowest BCUT2D eigenvalue weighted by Gasteiger charge is -2.07. The van der Waals surface area contributed by atoms with Crippen molar-refractivity contribution < 1.29 is 4.57 Å². The Kier molecular flexibility index (Phi) is 3.04. The zero-order valence-corrected chi connectivity index (χ0v) is 11.4. The average Bonchev–Trinajstić information content (AvgIpc) is 2.48. The zero-order valence-electron chi connectivity index (χ0n) is 11.4. The number of benzene rings is 2. The normalized spacial score (nSPS) is 10.8. The van der Waals surface area contributed by atoms with Crippen LogP contribution in [-0.4, -0.2) is 0 Å². The second-order valence-corrected chi connectivity index (χ2v) is 4.85. The molecule has 1 nitrogen and oxygen atoms in total. The number of aromatic nitrogens is 1. The minimum absolute atomic E-state index is 1.06. The fraction of sp³-hybridized carbons (Fsp3) is 0.167. The molecule has 3 rings (SSSR count). The molecule has 0 N–H and O–H groups in total. The lowest BCUT2D eigenvalue weighted by atomic mass is 10.0. The van der Waals surface area contributed by atoms with Gasteiger partial charge in [-0.1, -0.05) is 37.3 Å². The van der Waals surface area contributed by atoms with Crippen LogP contribution >= 0.6 is 0 Å². The lowest BCUT2D eigenvalue weighted by molar-refractivity contribution is -0.633. The number of aryl methyl sites for hydroxylation is 2. The van der Waals surface area contributed by atoms with Gasteiger partial charge in [-0.3, -0.25) is 0 Å². The van der Waals surface area contributed by atoms with Gasteiger partial charge in [-0.05, 0) is 30.2 Å². The number of pyridine rings is 1. The molecule has 0 aliphatic rings. The van der Waals surface area contributed by atoms with Gasteiger partial charge in [0.2, 0.25) is 11.2 Å². The lowest BCUT2D eigenvalue weighted by Crippen LogP contribution is -2.32. The van der Waals surface area contributed by atoms with Crippen LogP contribution in [0.4, 0.5) is 0 Å². The van der Waals surface area contributed by atoms with E-state index < -0.39 is 0 Å². The Balaban J connectivity index is 2.28. The second kappa shape index (κ2) is 4.85. The zero-order chi connectivity index (χ0) is 13.2. The first kappa shape index (κ1) is 11.9. The minimum atomic E-state index is 1.06. The van der Waals surface area contributed by atoms with E-state index in [-0.39, 0.29) is 0 Å². The van der Waals surface area contributed by atoms with E-state index in [4.69, 9.17) is 0 Å². The van der Waals surface area contributed by atoms with Crippen molar-refractivity contribution in [2.24, 2.45) is 7.05 Å². The van der Waals surface area contributed by atoms with E-state index >= 15 is 0 Å². The summed E-state index contributed by atoms with van der Waals surface area (Å²) in [6.45, 7) is 2.21. The van der Waals surface area contributed by atoms with E-state index in [1.54, 1.807) is 0 Å². The molecule has 3 aromatic rings. The number of fused-ring (bicyclic) bond motifs is 1. The number of nitrogens with zero attached hydrogens (tertiary/aromatic N) is 1. The van der Waals surface area contributed by atoms with Crippen molar-refractivity contribution in [1.29, 1.82) is 0 Å². The molecule has 0 fully saturated rings. The van der Waals surface area contributed by atoms with Crippen LogP contribution in [0, 0.1) is 0 Å². The molecule has 0 unspecified atom stereocenters. The van der Waals surface area contributed by atoms with Crippen LogP contribution in [0.15, 0.2) is 60.7 Å². The summed E-state index contributed by atoms with van der Waals surface area (Å²) in [5.74, 6) is 0. The Morgan fingerprint density at radius 3 is 2.42 bits per heavy atom. The molecule has 1 heterocycles. The highest BCUT2D eigenvalue weighted by molar-refractivity contribution is 5.77. The van der Waals surface area contributed by atoms with Gasteiger partial charge in [0.05, 0.1) is 0 Å². The second-order valence-electron chi connectivity index (χ2n) is 4.85. The molecule has 0 radical (unpaired) electrons. The van der Waals surface area contributed by atoms with Gasteiger partial charge < -0.3 is 0 Å². The summed E-state index contributed by atoms with van der Waals surface area (Å²) < 4.78 is 2.28.